The van der Waals surface area contributed by atoms with E-state index in [1.54, 1.807) is 0 Å². The lowest BCUT2D eigenvalue weighted by atomic mass is 9.81. The Morgan fingerprint density at radius 2 is 1.86 bits per heavy atom. The van der Waals surface area contributed by atoms with Crippen LogP contribution in [0.4, 0.5) is 0 Å². The molecule has 0 aliphatic rings. The smallest absolute Gasteiger partial charge is 0.0349 e. The quantitative estimate of drug-likeness (QED) is 0.637. The van der Waals surface area contributed by atoms with Crippen LogP contribution in [0, 0.1) is 0 Å². The molecule has 1 unspecified atom stereocenters. The molecule has 0 heterocycles. The SMILES string of the molecule is C=CCCC(N)C(CC)(CC)N(C)C. The van der Waals surface area contributed by atoms with Crippen LogP contribution < -0.4 is 5.73 Å². The first-order chi connectivity index (χ1) is 6.55. The van der Waals surface area contributed by atoms with E-state index in [2.05, 4.69) is 39.4 Å². The van der Waals surface area contributed by atoms with E-state index in [4.69, 9.17) is 5.73 Å². The molecule has 0 aliphatic carbocycles. The Morgan fingerprint density at radius 3 is 2.14 bits per heavy atom. The van der Waals surface area contributed by atoms with Gasteiger partial charge in [0.25, 0.3) is 0 Å². The van der Waals surface area contributed by atoms with Crippen LogP contribution >= 0.6 is 0 Å². The maximum Gasteiger partial charge on any atom is 0.0349 e. The van der Waals surface area contributed by atoms with Gasteiger partial charge in [-0.3, -0.25) is 0 Å². The highest BCUT2D eigenvalue weighted by Crippen LogP contribution is 2.26. The molecule has 0 fully saturated rings. The van der Waals surface area contributed by atoms with E-state index in [0.717, 1.165) is 25.7 Å². The monoisotopic (exact) mass is 198 g/mol. The zero-order valence-electron chi connectivity index (χ0n) is 10.2. The lowest BCUT2D eigenvalue weighted by Gasteiger charge is -2.43. The Bertz CT molecular complexity index is 160. The molecular weight excluding hydrogens is 172 g/mol. The summed E-state index contributed by atoms with van der Waals surface area (Å²) in [7, 11) is 4.25. The minimum atomic E-state index is 0.156. The molecule has 0 aromatic heterocycles. The fourth-order valence-electron chi connectivity index (χ4n) is 2.30. The topological polar surface area (TPSA) is 29.3 Å². The Morgan fingerprint density at radius 1 is 1.36 bits per heavy atom. The highest BCUT2D eigenvalue weighted by molar-refractivity contribution is 4.95. The first-order valence-corrected chi connectivity index (χ1v) is 5.59. The second kappa shape index (κ2) is 6.20. The van der Waals surface area contributed by atoms with E-state index < -0.39 is 0 Å². The van der Waals surface area contributed by atoms with Crippen LogP contribution in [0.2, 0.25) is 0 Å². The van der Waals surface area contributed by atoms with Gasteiger partial charge in [0, 0.05) is 11.6 Å². The third-order valence-corrected chi connectivity index (χ3v) is 3.49. The molecule has 14 heavy (non-hydrogen) atoms. The van der Waals surface area contributed by atoms with Gasteiger partial charge in [-0.25, -0.2) is 0 Å². The molecule has 2 nitrogen and oxygen atoms in total. The number of nitrogens with two attached hydrogens (primary N) is 1. The first-order valence-electron chi connectivity index (χ1n) is 5.59. The number of nitrogens with zero attached hydrogens (tertiary/aromatic N) is 1. The summed E-state index contributed by atoms with van der Waals surface area (Å²) in [5, 5.41) is 0. The summed E-state index contributed by atoms with van der Waals surface area (Å²) in [4.78, 5) is 2.28. The summed E-state index contributed by atoms with van der Waals surface area (Å²) < 4.78 is 0. The zero-order chi connectivity index (χ0) is 11.2. The molecule has 0 aromatic rings. The number of hydrogen-bond donors (Lipinski definition) is 1. The van der Waals surface area contributed by atoms with Gasteiger partial charge in [0.1, 0.15) is 0 Å². The molecule has 0 amide bonds. The third-order valence-electron chi connectivity index (χ3n) is 3.49. The van der Waals surface area contributed by atoms with Crippen LogP contribution in [0.1, 0.15) is 39.5 Å². The van der Waals surface area contributed by atoms with Crippen molar-refractivity contribution in [3.05, 3.63) is 12.7 Å². The second-order valence-corrected chi connectivity index (χ2v) is 4.18. The normalized spacial score (nSPS) is 14.4. The second-order valence-electron chi connectivity index (χ2n) is 4.18. The van der Waals surface area contributed by atoms with Crippen LogP contribution in [0.15, 0.2) is 12.7 Å². The van der Waals surface area contributed by atoms with E-state index in [1.165, 1.54) is 0 Å². The lowest BCUT2D eigenvalue weighted by molar-refractivity contribution is 0.102. The van der Waals surface area contributed by atoms with E-state index in [-0.39, 0.29) is 11.6 Å². The van der Waals surface area contributed by atoms with Gasteiger partial charge in [0.05, 0.1) is 0 Å². The van der Waals surface area contributed by atoms with Crippen molar-refractivity contribution in [3.63, 3.8) is 0 Å². The van der Waals surface area contributed by atoms with Gasteiger partial charge in [-0.1, -0.05) is 19.9 Å². The Kier molecular flexibility index (Phi) is 6.05. The van der Waals surface area contributed by atoms with Crippen molar-refractivity contribution in [2.45, 2.75) is 51.1 Å². The van der Waals surface area contributed by atoms with Gasteiger partial charge in [0.2, 0.25) is 0 Å². The summed E-state index contributed by atoms with van der Waals surface area (Å²) in [6.07, 6.45) is 6.20. The van der Waals surface area contributed by atoms with E-state index >= 15 is 0 Å². The predicted molar refractivity (Wildman–Crippen MR) is 64.4 cm³/mol. The van der Waals surface area contributed by atoms with Crippen LogP contribution in [0.5, 0.6) is 0 Å². The summed E-state index contributed by atoms with van der Waals surface area (Å²) in [6.45, 7) is 8.18. The molecule has 0 saturated carbocycles. The van der Waals surface area contributed by atoms with Gasteiger partial charge in [0.15, 0.2) is 0 Å². The van der Waals surface area contributed by atoms with E-state index in [9.17, 15) is 0 Å². The van der Waals surface area contributed by atoms with Crippen LogP contribution in [0.25, 0.3) is 0 Å². The molecule has 84 valence electrons. The molecule has 0 radical (unpaired) electrons. The molecule has 0 saturated heterocycles. The number of likely N-dealkylation sites (N-methyl/N-ethyl adjacent to an activating group) is 1. The van der Waals surface area contributed by atoms with E-state index in [0.29, 0.717) is 0 Å². The van der Waals surface area contributed by atoms with Gasteiger partial charge >= 0.3 is 0 Å². The Balaban J connectivity index is 4.52. The molecule has 2 heteroatoms. The predicted octanol–water partition coefficient (Wildman–Crippen LogP) is 2.40. The van der Waals surface area contributed by atoms with Crippen molar-refractivity contribution in [2.75, 3.05) is 14.1 Å². The number of rotatable bonds is 7. The van der Waals surface area contributed by atoms with Crippen molar-refractivity contribution < 1.29 is 0 Å². The third kappa shape index (κ3) is 2.82. The van der Waals surface area contributed by atoms with Gasteiger partial charge in [-0.2, -0.15) is 0 Å². The molecular formula is C12H26N2. The summed E-state index contributed by atoms with van der Waals surface area (Å²) in [5.41, 5.74) is 6.43. The minimum Gasteiger partial charge on any atom is -0.326 e. The summed E-state index contributed by atoms with van der Waals surface area (Å²) in [6, 6.07) is 0.241. The Labute approximate surface area is 89.2 Å². The average Bonchev–Trinajstić information content (AvgIpc) is 2.17. The van der Waals surface area contributed by atoms with Gasteiger partial charge in [-0.05, 0) is 39.8 Å². The maximum atomic E-state index is 6.27. The first kappa shape index (κ1) is 13.7. The van der Waals surface area contributed by atoms with Crippen molar-refractivity contribution in [1.29, 1.82) is 0 Å². The van der Waals surface area contributed by atoms with E-state index in [1.807, 2.05) is 6.08 Å². The molecule has 0 aromatic carbocycles. The zero-order valence-corrected chi connectivity index (χ0v) is 10.2. The van der Waals surface area contributed by atoms with Gasteiger partial charge < -0.3 is 10.6 Å². The average molecular weight is 198 g/mol. The Hall–Kier alpha value is -0.340. The fourth-order valence-corrected chi connectivity index (χ4v) is 2.30. The molecule has 2 N–H and O–H groups in total. The molecule has 0 aliphatic heterocycles. The van der Waals surface area contributed by atoms with Crippen molar-refractivity contribution in [3.8, 4) is 0 Å². The molecule has 1 atom stereocenters. The maximum absolute atomic E-state index is 6.27. The van der Waals surface area contributed by atoms with Crippen molar-refractivity contribution >= 4 is 0 Å². The lowest BCUT2D eigenvalue weighted by Crippen LogP contribution is -2.56. The minimum absolute atomic E-state index is 0.156. The summed E-state index contributed by atoms with van der Waals surface area (Å²) in [5.74, 6) is 0. The van der Waals surface area contributed by atoms with Gasteiger partial charge in [-0.15, -0.1) is 6.58 Å². The highest BCUT2D eigenvalue weighted by atomic mass is 15.2. The van der Waals surface area contributed by atoms with Crippen molar-refractivity contribution in [2.24, 2.45) is 5.73 Å². The highest BCUT2D eigenvalue weighted by Gasteiger charge is 2.34. The van der Waals surface area contributed by atoms with Crippen LogP contribution in [0.3, 0.4) is 0 Å². The van der Waals surface area contributed by atoms with Crippen molar-refractivity contribution in [1.82, 2.24) is 4.90 Å². The fraction of sp³-hybridized carbons (Fsp3) is 0.833. The number of allylic oxidation sites excluding steroid dienone is 1. The van der Waals surface area contributed by atoms with Crippen LogP contribution in [-0.2, 0) is 0 Å². The number of hydrogen-bond acceptors (Lipinski definition) is 2. The molecule has 0 rings (SSSR count). The summed E-state index contributed by atoms with van der Waals surface area (Å²) >= 11 is 0. The largest absolute Gasteiger partial charge is 0.326 e. The standard InChI is InChI=1S/C12H26N2/c1-6-9-10-11(13)12(7-2,8-3)14(4)5/h6,11H,1,7-10,13H2,2-5H3. The van der Waals surface area contributed by atoms with Crippen LogP contribution in [-0.4, -0.2) is 30.6 Å². The molecule has 0 bridgehead atoms. The molecule has 0 spiro atoms.